The molecular weight excluding hydrogens is 486 g/mol. The van der Waals surface area contributed by atoms with Gasteiger partial charge in [0.25, 0.3) is 5.91 Å². The summed E-state index contributed by atoms with van der Waals surface area (Å²) in [7, 11) is -2.29. The highest BCUT2D eigenvalue weighted by Gasteiger charge is 2.28. The van der Waals surface area contributed by atoms with Crippen molar-refractivity contribution in [2.24, 2.45) is 10.9 Å². The number of nitrogens with zero attached hydrogens (tertiary/aromatic N) is 3. The van der Waals surface area contributed by atoms with Crippen LogP contribution >= 0.6 is 11.3 Å². The Balaban J connectivity index is 1.68. The van der Waals surface area contributed by atoms with Gasteiger partial charge in [-0.05, 0) is 74.1 Å². The summed E-state index contributed by atoms with van der Waals surface area (Å²) in [5.74, 6) is -0.636. The van der Waals surface area contributed by atoms with Gasteiger partial charge in [-0.15, -0.1) is 0 Å². The number of ether oxygens (including phenoxy) is 1. The van der Waals surface area contributed by atoms with Crippen LogP contribution in [-0.4, -0.2) is 49.4 Å². The normalized spacial score (nSPS) is 17.6. The van der Waals surface area contributed by atoms with Crippen LogP contribution < -0.4 is 4.80 Å². The van der Waals surface area contributed by atoms with Gasteiger partial charge in [0.2, 0.25) is 10.0 Å². The Morgan fingerprint density at radius 3 is 2.54 bits per heavy atom. The summed E-state index contributed by atoms with van der Waals surface area (Å²) in [6.45, 7) is 6.93. The molecule has 0 saturated carbocycles. The third kappa shape index (κ3) is 5.24. The number of methoxy groups -OCH3 is 1. The molecule has 2 aromatic carbocycles. The Labute approximate surface area is 208 Å². The largest absolute Gasteiger partial charge is 0.468 e. The molecule has 2 heterocycles. The van der Waals surface area contributed by atoms with Crippen molar-refractivity contribution in [1.82, 2.24) is 8.87 Å². The molecule has 35 heavy (non-hydrogen) atoms. The Bertz CT molecular complexity index is 1450. The van der Waals surface area contributed by atoms with Gasteiger partial charge in [0.15, 0.2) is 4.80 Å². The van der Waals surface area contributed by atoms with Crippen molar-refractivity contribution in [2.45, 2.75) is 45.1 Å². The molecule has 1 fully saturated rings. The summed E-state index contributed by atoms with van der Waals surface area (Å²) in [5, 5.41) is 0. The molecule has 0 spiro atoms. The predicted octanol–water partition coefficient (Wildman–Crippen LogP) is 3.65. The molecule has 1 aliphatic rings. The van der Waals surface area contributed by atoms with Crippen molar-refractivity contribution in [3.05, 3.63) is 57.9 Å². The number of thiazole rings is 1. The van der Waals surface area contributed by atoms with Crippen LogP contribution in [-0.2, 0) is 26.1 Å². The van der Waals surface area contributed by atoms with Crippen LogP contribution in [0, 0.1) is 19.8 Å². The first-order chi connectivity index (χ1) is 16.6. The van der Waals surface area contributed by atoms with Gasteiger partial charge in [0.05, 0.1) is 22.2 Å². The number of piperidine rings is 1. The van der Waals surface area contributed by atoms with E-state index >= 15 is 0 Å². The van der Waals surface area contributed by atoms with E-state index in [2.05, 4.69) is 4.99 Å². The molecule has 0 bridgehead atoms. The van der Waals surface area contributed by atoms with E-state index in [1.54, 1.807) is 4.57 Å². The number of aryl methyl sites for hydroxylation is 2. The zero-order valence-corrected chi connectivity index (χ0v) is 21.9. The van der Waals surface area contributed by atoms with Gasteiger partial charge in [-0.3, -0.25) is 9.59 Å². The van der Waals surface area contributed by atoms with E-state index in [9.17, 15) is 18.0 Å². The van der Waals surface area contributed by atoms with E-state index < -0.39 is 21.9 Å². The number of benzene rings is 2. The molecule has 3 aromatic rings. The number of sulfonamides is 1. The number of carbonyl (C=O) groups excluding carboxylic acids is 2. The molecular formula is C25H29N3O5S2. The maximum absolute atomic E-state index is 13.0. The first kappa shape index (κ1) is 25.3. The number of carbonyl (C=O) groups is 2. The summed E-state index contributed by atoms with van der Waals surface area (Å²) in [4.78, 5) is 29.9. The van der Waals surface area contributed by atoms with Gasteiger partial charge < -0.3 is 9.30 Å². The van der Waals surface area contributed by atoms with E-state index in [0.29, 0.717) is 23.8 Å². The molecule has 1 atom stereocenters. The Kier molecular flexibility index (Phi) is 7.25. The minimum atomic E-state index is -3.61. The average molecular weight is 516 g/mol. The van der Waals surface area contributed by atoms with Crippen LogP contribution in [0.15, 0.2) is 46.3 Å². The molecule has 10 heteroatoms. The summed E-state index contributed by atoms with van der Waals surface area (Å²) >= 11 is 1.33. The quantitative estimate of drug-likeness (QED) is 0.483. The summed E-state index contributed by atoms with van der Waals surface area (Å²) in [6, 6.07) is 9.87. The second-order valence-corrected chi connectivity index (χ2v) is 11.9. The third-order valence-electron chi connectivity index (χ3n) is 6.19. The van der Waals surface area contributed by atoms with Crippen molar-refractivity contribution in [3.63, 3.8) is 0 Å². The fraction of sp³-hybridized carbons (Fsp3) is 0.400. The van der Waals surface area contributed by atoms with Crippen LogP contribution in [0.25, 0.3) is 10.2 Å². The third-order valence-corrected chi connectivity index (χ3v) is 9.29. The topological polar surface area (TPSA) is 98.0 Å². The lowest BCUT2D eigenvalue weighted by Crippen LogP contribution is -2.39. The fourth-order valence-electron chi connectivity index (χ4n) is 4.38. The Morgan fingerprint density at radius 2 is 1.89 bits per heavy atom. The van der Waals surface area contributed by atoms with Crippen molar-refractivity contribution in [2.75, 3.05) is 20.2 Å². The van der Waals surface area contributed by atoms with E-state index in [0.717, 1.165) is 34.2 Å². The summed E-state index contributed by atoms with van der Waals surface area (Å²) in [5.41, 5.74) is 3.14. The van der Waals surface area contributed by atoms with Gasteiger partial charge in [-0.1, -0.05) is 24.3 Å². The maximum atomic E-state index is 13.0. The van der Waals surface area contributed by atoms with Gasteiger partial charge in [-0.2, -0.15) is 9.30 Å². The van der Waals surface area contributed by atoms with Crippen molar-refractivity contribution >= 4 is 43.5 Å². The first-order valence-corrected chi connectivity index (χ1v) is 13.7. The molecule has 1 aliphatic heterocycles. The van der Waals surface area contributed by atoms with E-state index in [1.165, 1.54) is 47.0 Å². The van der Waals surface area contributed by atoms with Gasteiger partial charge in [0.1, 0.15) is 6.54 Å². The first-order valence-electron chi connectivity index (χ1n) is 11.5. The van der Waals surface area contributed by atoms with Crippen LogP contribution in [0.5, 0.6) is 0 Å². The van der Waals surface area contributed by atoms with Crippen LogP contribution in [0.4, 0.5) is 0 Å². The second kappa shape index (κ2) is 10.0. The monoisotopic (exact) mass is 515 g/mol. The molecule has 1 unspecified atom stereocenters. The van der Waals surface area contributed by atoms with Crippen LogP contribution in [0.2, 0.25) is 0 Å². The number of esters is 1. The van der Waals surface area contributed by atoms with Crippen molar-refractivity contribution < 1.29 is 22.7 Å². The highest BCUT2D eigenvalue weighted by molar-refractivity contribution is 7.89. The van der Waals surface area contributed by atoms with E-state index in [-0.39, 0.29) is 17.0 Å². The maximum Gasteiger partial charge on any atom is 0.325 e. The number of rotatable bonds is 5. The Hall–Kier alpha value is -2.82. The molecule has 0 N–H and O–H groups in total. The number of fused-ring (bicyclic) bond motifs is 1. The smallest absolute Gasteiger partial charge is 0.325 e. The minimum absolute atomic E-state index is 0.0725. The average Bonchev–Trinajstić information content (AvgIpc) is 3.16. The second-order valence-electron chi connectivity index (χ2n) is 9.03. The van der Waals surface area contributed by atoms with Crippen molar-refractivity contribution in [1.29, 1.82) is 0 Å². The van der Waals surface area contributed by atoms with E-state index in [4.69, 9.17) is 4.74 Å². The zero-order valence-electron chi connectivity index (χ0n) is 20.3. The van der Waals surface area contributed by atoms with Crippen LogP contribution in [0.3, 0.4) is 0 Å². The standard InChI is InChI=1S/C25H29N3O5S2/c1-16-6-5-11-27(14-16)35(31,32)20-9-7-19(8-10-20)24(30)26-25-28(15-22(29)33-4)21-13-17(2)12-18(3)23(21)34-25/h7-10,12-13,16H,5-6,11,14-15H2,1-4H3. The molecule has 1 amide bonds. The van der Waals surface area contributed by atoms with Gasteiger partial charge in [-0.25, -0.2) is 8.42 Å². The lowest BCUT2D eigenvalue weighted by Gasteiger charge is -2.30. The lowest BCUT2D eigenvalue weighted by molar-refractivity contribution is -0.141. The number of aromatic nitrogens is 1. The van der Waals surface area contributed by atoms with Crippen molar-refractivity contribution in [3.8, 4) is 0 Å². The lowest BCUT2D eigenvalue weighted by atomic mass is 10.0. The molecule has 0 aliphatic carbocycles. The zero-order chi connectivity index (χ0) is 25.3. The SMILES string of the molecule is COC(=O)Cn1c(=NC(=O)c2ccc(S(=O)(=O)N3CCCC(C)C3)cc2)sc2c(C)cc(C)cc21. The predicted molar refractivity (Wildman–Crippen MR) is 135 cm³/mol. The van der Waals surface area contributed by atoms with Crippen LogP contribution in [0.1, 0.15) is 41.3 Å². The number of hydrogen-bond donors (Lipinski definition) is 0. The fourth-order valence-corrected chi connectivity index (χ4v) is 7.06. The van der Waals surface area contributed by atoms with Gasteiger partial charge in [0, 0.05) is 18.7 Å². The molecule has 1 aromatic heterocycles. The Morgan fingerprint density at radius 1 is 1.17 bits per heavy atom. The minimum Gasteiger partial charge on any atom is -0.468 e. The number of amides is 1. The van der Waals surface area contributed by atoms with Gasteiger partial charge >= 0.3 is 5.97 Å². The molecule has 0 radical (unpaired) electrons. The highest BCUT2D eigenvalue weighted by Crippen LogP contribution is 2.25. The molecule has 8 nitrogen and oxygen atoms in total. The molecule has 186 valence electrons. The molecule has 1 saturated heterocycles. The van der Waals surface area contributed by atoms with E-state index in [1.807, 2.05) is 32.9 Å². The number of hydrogen-bond acceptors (Lipinski definition) is 6. The summed E-state index contributed by atoms with van der Waals surface area (Å²) in [6.07, 6.45) is 1.86. The highest BCUT2D eigenvalue weighted by atomic mass is 32.2. The molecule has 4 rings (SSSR count). The summed E-state index contributed by atoms with van der Waals surface area (Å²) < 4.78 is 35.0.